The van der Waals surface area contributed by atoms with Crippen molar-refractivity contribution in [2.24, 2.45) is 5.92 Å². The smallest absolute Gasteiger partial charge is 0.225 e. The number of aliphatic hydroxyl groups excluding tert-OH is 1. The minimum absolute atomic E-state index is 0.128. The van der Waals surface area contributed by atoms with E-state index >= 15 is 0 Å². The molecule has 21 heavy (non-hydrogen) atoms. The summed E-state index contributed by atoms with van der Waals surface area (Å²) < 4.78 is 5.71. The van der Waals surface area contributed by atoms with E-state index in [4.69, 9.17) is 4.74 Å². The molecule has 0 aromatic carbocycles. The second-order valence-corrected chi connectivity index (χ2v) is 7.01. The fraction of sp³-hybridized carbons (Fsp3) is 0.941. The Balaban J connectivity index is 1.58. The second-order valence-electron chi connectivity index (χ2n) is 7.01. The van der Waals surface area contributed by atoms with Crippen molar-refractivity contribution < 1.29 is 14.6 Å². The molecule has 0 aromatic heterocycles. The van der Waals surface area contributed by atoms with E-state index in [1.54, 1.807) is 0 Å². The van der Waals surface area contributed by atoms with Crippen molar-refractivity contribution in [3.8, 4) is 0 Å². The molecule has 1 saturated carbocycles. The van der Waals surface area contributed by atoms with Crippen LogP contribution in [0.4, 0.5) is 0 Å². The Morgan fingerprint density at radius 3 is 2.62 bits per heavy atom. The number of likely N-dealkylation sites (tertiary alicyclic amines) is 1. The van der Waals surface area contributed by atoms with Crippen molar-refractivity contribution in [3.05, 3.63) is 0 Å². The van der Waals surface area contributed by atoms with Gasteiger partial charge in [-0.05, 0) is 44.9 Å². The molecular weight excluding hydrogens is 266 g/mol. The molecule has 3 rings (SSSR count). The zero-order valence-corrected chi connectivity index (χ0v) is 13.0. The summed E-state index contributed by atoms with van der Waals surface area (Å²) in [7, 11) is 0. The van der Waals surface area contributed by atoms with Crippen molar-refractivity contribution in [1.82, 2.24) is 4.90 Å². The van der Waals surface area contributed by atoms with Crippen LogP contribution >= 0.6 is 0 Å². The first-order valence-corrected chi connectivity index (χ1v) is 8.85. The molecule has 3 aliphatic rings. The van der Waals surface area contributed by atoms with Crippen LogP contribution in [0.3, 0.4) is 0 Å². The molecule has 1 amide bonds. The van der Waals surface area contributed by atoms with Gasteiger partial charge in [0, 0.05) is 25.1 Å². The maximum atomic E-state index is 12.6. The van der Waals surface area contributed by atoms with E-state index in [9.17, 15) is 9.90 Å². The number of rotatable bonds is 3. The lowest BCUT2D eigenvalue weighted by atomic mass is 9.80. The summed E-state index contributed by atoms with van der Waals surface area (Å²) >= 11 is 0. The third kappa shape index (κ3) is 3.59. The number of hydrogen-bond acceptors (Lipinski definition) is 3. The van der Waals surface area contributed by atoms with Gasteiger partial charge >= 0.3 is 0 Å². The van der Waals surface area contributed by atoms with E-state index in [1.807, 2.05) is 0 Å². The predicted octanol–water partition coefficient (Wildman–Crippen LogP) is 2.49. The first-order chi connectivity index (χ1) is 10.3. The van der Waals surface area contributed by atoms with Gasteiger partial charge in [-0.1, -0.05) is 12.8 Å². The van der Waals surface area contributed by atoms with Gasteiger partial charge in [0.1, 0.15) is 0 Å². The van der Waals surface area contributed by atoms with Crippen LogP contribution in [0, 0.1) is 5.92 Å². The molecule has 2 heterocycles. The third-order valence-electron chi connectivity index (χ3n) is 5.57. The SMILES string of the molecule is O=C(CC1CCCCO1)N1CCCC1C1CCCCC1O. The van der Waals surface area contributed by atoms with Crippen molar-refractivity contribution in [2.45, 2.75) is 82.5 Å². The Hall–Kier alpha value is -0.610. The van der Waals surface area contributed by atoms with Crippen molar-refractivity contribution in [1.29, 1.82) is 0 Å². The molecule has 1 N–H and O–H groups in total. The van der Waals surface area contributed by atoms with Crippen molar-refractivity contribution in [2.75, 3.05) is 13.2 Å². The highest BCUT2D eigenvalue weighted by Gasteiger charge is 2.39. The van der Waals surface area contributed by atoms with Gasteiger partial charge in [-0.3, -0.25) is 4.79 Å². The van der Waals surface area contributed by atoms with Gasteiger partial charge in [-0.25, -0.2) is 0 Å². The van der Waals surface area contributed by atoms with Gasteiger partial charge in [0.25, 0.3) is 0 Å². The Labute approximate surface area is 127 Å². The first-order valence-electron chi connectivity index (χ1n) is 8.85. The van der Waals surface area contributed by atoms with Crippen molar-refractivity contribution in [3.63, 3.8) is 0 Å². The van der Waals surface area contributed by atoms with Crippen LogP contribution in [0.1, 0.15) is 64.2 Å². The molecule has 4 unspecified atom stereocenters. The van der Waals surface area contributed by atoms with E-state index in [0.29, 0.717) is 12.3 Å². The number of carbonyl (C=O) groups is 1. The molecule has 2 aliphatic heterocycles. The molecule has 4 atom stereocenters. The average molecular weight is 295 g/mol. The summed E-state index contributed by atoms with van der Waals surface area (Å²) in [5.41, 5.74) is 0. The fourth-order valence-corrected chi connectivity index (χ4v) is 4.42. The molecule has 2 saturated heterocycles. The van der Waals surface area contributed by atoms with Crippen LogP contribution in [0.15, 0.2) is 0 Å². The molecule has 4 heteroatoms. The number of carbonyl (C=O) groups excluding carboxylic acids is 1. The van der Waals surface area contributed by atoms with Gasteiger partial charge in [0.2, 0.25) is 5.91 Å². The predicted molar refractivity (Wildman–Crippen MR) is 80.9 cm³/mol. The monoisotopic (exact) mass is 295 g/mol. The van der Waals surface area contributed by atoms with Crippen LogP contribution in [0.5, 0.6) is 0 Å². The van der Waals surface area contributed by atoms with Crippen LogP contribution < -0.4 is 0 Å². The lowest BCUT2D eigenvalue weighted by molar-refractivity contribution is -0.138. The lowest BCUT2D eigenvalue weighted by Crippen LogP contribution is -2.46. The Morgan fingerprint density at radius 1 is 1.05 bits per heavy atom. The van der Waals surface area contributed by atoms with Gasteiger partial charge < -0.3 is 14.7 Å². The van der Waals surface area contributed by atoms with Crippen LogP contribution in [0.25, 0.3) is 0 Å². The zero-order valence-electron chi connectivity index (χ0n) is 13.0. The number of nitrogens with zero attached hydrogens (tertiary/aromatic N) is 1. The van der Waals surface area contributed by atoms with E-state index in [2.05, 4.69) is 4.90 Å². The molecule has 0 aromatic rings. The van der Waals surface area contributed by atoms with Gasteiger partial charge in [-0.2, -0.15) is 0 Å². The number of aliphatic hydroxyl groups is 1. The average Bonchev–Trinajstić information content (AvgIpc) is 2.98. The van der Waals surface area contributed by atoms with Crippen LogP contribution in [-0.4, -0.2) is 47.3 Å². The molecule has 1 aliphatic carbocycles. The topological polar surface area (TPSA) is 49.8 Å². The molecule has 4 nitrogen and oxygen atoms in total. The third-order valence-corrected chi connectivity index (χ3v) is 5.57. The maximum Gasteiger partial charge on any atom is 0.225 e. The molecule has 120 valence electrons. The summed E-state index contributed by atoms with van der Waals surface area (Å²) in [5.74, 6) is 0.555. The molecular formula is C17H29NO3. The normalized spacial score (nSPS) is 37.7. The number of hydrogen-bond donors (Lipinski definition) is 1. The Morgan fingerprint density at radius 2 is 1.86 bits per heavy atom. The first kappa shape index (κ1) is 15.3. The minimum Gasteiger partial charge on any atom is -0.393 e. The lowest BCUT2D eigenvalue weighted by Gasteiger charge is -2.37. The fourth-order valence-electron chi connectivity index (χ4n) is 4.42. The summed E-state index contributed by atoms with van der Waals surface area (Å²) in [6.45, 7) is 1.68. The van der Waals surface area contributed by atoms with E-state index < -0.39 is 0 Å². The van der Waals surface area contributed by atoms with E-state index in [1.165, 1.54) is 12.8 Å². The number of amides is 1. The highest BCUT2D eigenvalue weighted by atomic mass is 16.5. The minimum atomic E-state index is -0.205. The molecule has 0 bridgehead atoms. The quantitative estimate of drug-likeness (QED) is 0.870. The summed E-state index contributed by atoms with van der Waals surface area (Å²) in [5, 5.41) is 10.3. The second kappa shape index (κ2) is 7.10. The van der Waals surface area contributed by atoms with Gasteiger partial charge in [0.15, 0.2) is 0 Å². The van der Waals surface area contributed by atoms with Crippen LogP contribution in [-0.2, 0) is 9.53 Å². The maximum absolute atomic E-state index is 12.6. The highest BCUT2D eigenvalue weighted by molar-refractivity contribution is 5.77. The van der Waals surface area contributed by atoms with Crippen LogP contribution in [0.2, 0.25) is 0 Å². The van der Waals surface area contributed by atoms with Crippen molar-refractivity contribution >= 4 is 5.91 Å². The zero-order chi connectivity index (χ0) is 14.7. The highest BCUT2D eigenvalue weighted by Crippen LogP contribution is 2.35. The number of ether oxygens (including phenoxy) is 1. The molecule has 0 radical (unpaired) electrons. The largest absolute Gasteiger partial charge is 0.393 e. The van der Waals surface area contributed by atoms with E-state index in [0.717, 1.165) is 58.1 Å². The molecule has 3 fully saturated rings. The standard InChI is InChI=1S/C17H29NO3/c19-16-9-2-1-7-14(16)15-8-5-10-18(15)17(20)12-13-6-3-4-11-21-13/h13-16,19H,1-12H2. The summed E-state index contributed by atoms with van der Waals surface area (Å²) in [6, 6.07) is 0.274. The van der Waals surface area contributed by atoms with Gasteiger partial charge in [0.05, 0.1) is 18.6 Å². The van der Waals surface area contributed by atoms with E-state index in [-0.39, 0.29) is 24.2 Å². The Kier molecular flexibility index (Phi) is 5.17. The molecule has 0 spiro atoms. The van der Waals surface area contributed by atoms with Gasteiger partial charge in [-0.15, -0.1) is 0 Å². The summed E-state index contributed by atoms with van der Waals surface area (Å²) in [6.07, 6.45) is 10.3. The Bertz CT molecular complexity index is 354. The summed E-state index contributed by atoms with van der Waals surface area (Å²) in [4.78, 5) is 14.7.